The van der Waals surface area contributed by atoms with Crippen LogP contribution in [0.25, 0.3) is 6.08 Å². The van der Waals surface area contributed by atoms with Gasteiger partial charge in [0.15, 0.2) is 5.11 Å². The van der Waals surface area contributed by atoms with Gasteiger partial charge in [-0.3, -0.25) is 34.7 Å². The number of carbonyl (C=O) groups excluding carboxylic acids is 3. The summed E-state index contributed by atoms with van der Waals surface area (Å²) in [5.41, 5.74) is 1.70. The van der Waals surface area contributed by atoms with E-state index in [9.17, 15) is 24.5 Å². The molecule has 2 aliphatic heterocycles. The lowest BCUT2D eigenvalue weighted by atomic mass is 10.0. The third-order valence-electron chi connectivity index (χ3n) is 6.10. The Kier molecular flexibility index (Phi) is 7.04. The van der Waals surface area contributed by atoms with E-state index in [1.807, 2.05) is 11.8 Å². The molecule has 12 heteroatoms. The number of anilines is 2. The molecule has 0 unspecified atom stereocenters. The summed E-state index contributed by atoms with van der Waals surface area (Å²) in [7, 11) is 0. The average Bonchev–Trinajstić information content (AvgIpc) is 2.83. The van der Waals surface area contributed by atoms with Gasteiger partial charge in [0.2, 0.25) is 5.91 Å². The second-order valence-electron chi connectivity index (χ2n) is 8.38. The summed E-state index contributed by atoms with van der Waals surface area (Å²) in [6, 6.07) is 9.23. The van der Waals surface area contributed by atoms with Crippen LogP contribution >= 0.6 is 23.8 Å². The van der Waals surface area contributed by atoms with E-state index in [0.29, 0.717) is 48.1 Å². The summed E-state index contributed by atoms with van der Waals surface area (Å²) in [5.74, 6) is -1.42. The molecule has 0 saturated carbocycles. The number of carbonyl (C=O) groups is 3. The Labute approximate surface area is 217 Å². The fourth-order valence-electron chi connectivity index (χ4n) is 4.09. The summed E-state index contributed by atoms with van der Waals surface area (Å²) in [6.07, 6.45) is 1.34. The van der Waals surface area contributed by atoms with Crippen LogP contribution in [0.3, 0.4) is 0 Å². The number of nitrogens with one attached hydrogen (secondary N) is 1. The molecular formula is C24H22ClN5O5S. The van der Waals surface area contributed by atoms with Gasteiger partial charge in [-0.1, -0.05) is 17.7 Å². The highest BCUT2D eigenvalue weighted by molar-refractivity contribution is 7.80. The quantitative estimate of drug-likeness (QED) is 0.213. The molecule has 2 saturated heterocycles. The van der Waals surface area contributed by atoms with Crippen LogP contribution < -0.4 is 15.1 Å². The van der Waals surface area contributed by atoms with Crippen molar-refractivity contribution < 1.29 is 19.3 Å². The van der Waals surface area contributed by atoms with Crippen LogP contribution in [0.4, 0.5) is 17.1 Å². The van der Waals surface area contributed by atoms with Crippen molar-refractivity contribution in [3.63, 3.8) is 0 Å². The van der Waals surface area contributed by atoms with Gasteiger partial charge in [-0.2, -0.15) is 0 Å². The van der Waals surface area contributed by atoms with Gasteiger partial charge in [0.25, 0.3) is 17.5 Å². The molecule has 10 nitrogen and oxygen atoms in total. The molecule has 1 N–H and O–H groups in total. The van der Waals surface area contributed by atoms with Crippen LogP contribution in [0.2, 0.25) is 5.02 Å². The number of non-ortho nitro benzene ring substituents is 1. The molecule has 0 radical (unpaired) electrons. The number of amides is 3. The fourth-order valence-corrected chi connectivity index (χ4v) is 4.55. The number of hydrogen-bond acceptors (Lipinski definition) is 7. The van der Waals surface area contributed by atoms with E-state index >= 15 is 0 Å². The molecule has 3 amide bonds. The van der Waals surface area contributed by atoms with Gasteiger partial charge in [0, 0.05) is 61.5 Å². The molecule has 0 spiro atoms. The normalized spacial score (nSPS) is 17.5. The molecule has 2 fully saturated rings. The average molecular weight is 528 g/mol. The second kappa shape index (κ2) is 10.0. The van der Waals surface area contributed by atoms with Crippen molar-refractivity contribution in [2.24, 2.45) is 0 Å². The lowest BCUT2D eigenvalue weighted by Crippen LogP contribution is -2.54. The molecule has 4 rings (SSSR count). The molecular weight excluding hydrogens is 506 g/mol. The zero-order valence-corrected chi connectivity index (χ0v) is 21.1. The van der Waals surface area contributed by atoms with Crippen molar-refractivity contribution in [2.45, 2.75) is 13.8 Å². The van der Waals surface area contributed by atoms with E-state index in [-0.39, 0.29) is 22.3 Å². The molecule has 0 aromatic heterocycles. The third-order valence-corrected chi connectivity index (χ3v) is 6.79. The van der Waals surface area contributed by atoms with Crippen molar-refractivity contribution in [2.75, 3.05) is 36.0 Å². The summed E-state index contributed by atoms with van der Waals surface area (Å²) in [6.45, 7) is 5.27. The number of nitro groups is 1. The van der Waals surface area contributed by atoms with E-state index in [4.69, 9.17) is 23.8 Å². The first-order valence-corrected chi connectivity index (χ1v) is 11.8. The minimum atomic E-state index is -0.710. The van der Waals surface area contributed by atoms with Crippen molar-refractivity contribution in [1.29, 1.82) is 0 Å². The van der Waals surface area contributed by atoms with E-state index in [0.717, 1.165) is 10.5 Å². The van der Waals surface area contributed by atoms with Crippen LogP contribution in [0.1, 0.15) is 18.1 Å². The number of nitrogens with zero attached hydrogens (tertiary/aromatic N) is 4. The Hall–Kier alpha value is -3.83. The molecule has 0 atom stereocenters. The number of aryl methyl sites for hydroxylation is 1. The first-order valence-electron chi connectivity index (χ1n) is 11.0. The molecule has 2 aliphatic rings. The van der Waals surface area contributed by atoms with Gasteiger partial charge in [-0.15, -0.1) is 0 Å². The number of rotatable bonds is 4. The Balaban J connectivity index is 1.75. The second-order valence-corrected chi connectivity index (χ2v) is 9.18. The number of hydrogen-bond donors (Lipinski definition) is 1. The SMILES string of the molecule is CC(=O)N1CCN(c2ccc([N+](=O)[O-])cc2/C=C2/C(=O)NC(=S)N(c3ccc(C)c(Cl)c3)C2=O)CC1. The maximum atomic E-state index is 13.4. The molecule has 36 heavy (non-hydrogen) atoms. The maximum Gasteiger partial charge on any atom is 0.270 e. The number of benzene rings is 2. The van der Waals surface area contributed by atoms with Crippen LogP contribution in [0.15, 0.2) is 42.0 Å². The molecule has 0 bridgehead atoms. The first-order chi connectivity index (χ1) is 17.1. The zero-order chi connectivity index (χ0) is 26.1. The Morgan fingerprint density at radius 2 is 1.83 bits per heavy atom. The molecule has 2 aromatic carbocycles. The molecule has 2 aromatic rings. The fraction of sp³-hybridized carbons (Fsp3) is 0.250. The first kappa shape index (κ1) is 25.3. The van der Waals surface area contributed by atoms with Crippen molar-refractivity contribution >= 4 is 69.8 Å². The zero-order valence-electron chi connectivity index (χ0n) is 19.5. The van der Waals surface area contributed by atoms with Crippen molar-refractivity contribution in [1.82, 2.24) is 10.2 Å². The van der Waals surface area contributed by atoms with Crippen LogP contribution in [-0.4, -0.2) is 58.8 Å². The highest BCUT2D eigenvalue weighted by Gasteiger charge is 2.35. The number of halogens is 1. The van der Waals surface area contributed by atoms with Gasteiger partial charge in [-0.05, 0) is 49.0 Å². The Morgan fingerprint density at radius 3 is 2.44 bits per heavy atom. The molecule has 186 valence electrons. The lowest BCUT2D eigenvalue weighted by molar-refractivity contribution is -0.384. The largest absolute Gasteiger partial charge is 0.367 e. The van der Waals surface area contributed by atoms with Crippen LogP contribution in [0, 0.1) is 17.0 Å². The third kappa shape index (κ3) is 4.93. The monoisotopic (exact) mass is 527 g/mol. The number of thiocarbonyl (C=S) groups is 1. The van der Waals surface area contributed by atoms with Crippen LogP contribution in [-0.2, 0) is 14.4 Å². The topological polar surface area (TPSA) is 116 Å². The van der Waals surface area contributed by atoms with Crippen molar-refractivity contribution in [3.05, 3.63) is 68.2 Å². The summed E-state index contributed by atoms with van der Waals surface area (Å²) >= 11 is 11.5. The summed E-state index contributed by atoms with van der Waals surface area (Å²) < 4.78 is 0. The summed E-state index contributed by atoms with van der Waals surface area (Å²) in [5, 5.41) is 14.3. The Bertz CT molecular complexity index is 1340. The highest BCUT2D eigenvalue weighted by atomic mass is 35.5. The van der Waals surface area contributed by atoms with Crippen LogP contribution in [0.5, 0.6) is 0 Å². The highest BCUT2D eigenvalue weighted by Crippen LogP contribution is 2.31. The summed E-state index contributed by atoms with van der Waals surface area (Å²) in [4.78, 5) is 53.7. The van der Waals surface area contributed by atoms with Gasteiger partial charge < -0.3 is 9.80 Å². The predicted octanol–water partition coefficient (Wildman–Crippen LogP) is 3.06. The minimum absolute atomic E-state index is 0.0302. The minimum Gasteiger partial charge on any atom is -0.367 e. The number of nitro benzene ring substituents is 1. The number of piperazine rings is 1. The van der Waals surface area contributed by atoms with Gasteiger partial charge >= 0.3 is 0 Å². The smallest absolute Gasteiger partial charge is 0.270 e. The van der Waals surface area contributed by atoms with E-state index in [1.165, 1.54) is 25.1 Å². The van der Waals surface area contributed by atoms with Gasteiger partial charge in [-0.25, -0.2) is 0 Å². The predicted molar refractivity (Wildman–Crippen MR) is 140 cm³/mol. The van der Waals surface area contributed by atoms with Gasteiger partial charge in [0.05, 0.1) is 10.6 Å². The molecule has 0 aliphatic carbocycles. The van der Waals surface area contributed by atoms with E-state index < -0.39 is 16.7 Å². The van der Waals surface area contributed by atoms with E-state index in [2.05, 4.69) is 5.32 Å². The van der Waals surface area contributed by atoms with E-state index in [1.54, 1.807) is 29.2 Å². The lowest BCUT2D eigenvalue weighted by Gasteiger charge is -2.36. The molecule has 2 heterocycles. The van der Waals surface area contributed by atoms with Crippen molar-refractivity contribution in [3.8, 4) is 0 Å². The maximum absolute atomic E-state index is 13.4. The standard InChI is InChI=1S/C24H22ClN5O5S/c1-14-3-4-17(13-20(14)25)29-23(33)19(22(32)26-24(29)36)12-16-11-18(30(34)35)5-6-21(16)28-9-7-27(8-10-28)15(2)31/h3-6,11-13H,7-10H2,1-2H3,(H,26,32,36)/b19-12-. The Morgan fingerprint density at radius 1 is 1.14 bits per heavy atom. The van der Waals surface area contributed by atoms with Gasteiger partial charge in [0.1, 0.15) is 5.57 Å².